The zero-order valence-electron chi connectivity index (χ0n) is 11.8. The molecule has 1 aliphatic rings. The average molecular weight is 261 g/mol. The number of hydrogen-bond acceptors (Lipinski definition) is 2. The van der Waals surface area contributed by atoms with E-state index >= 15 is 0 Å². The number of aliphatic imine (C=N–C) groups is 1. The first-order valence-corrected chi connectivity index (χ1v) is 6.87. The van der Waals surface area contributed by atoms with Crippen molar-refractivity contribution in [3.8, 4) is 0 Å². The topological polar surface area (TPSA) is 45.5 Å². The lowest BCUT2D eigenvalue weighted by Crippen LogP contribution is -2.40. The van der Waals surface area contributed by atoms with E-state index in [9.17, 15) is 0 Å². The summed E-state index contributed by atoms with van der Waals surface area (Å²) in [5.74, 6) is 1.55. The van der Waals surface area contributed by atoms with Gasteiger partial charge in [-0.1, -0.05) is 6.08 Å². The lowest BCUT2D eigenvalue weighted by Gasteiger charge is -2.21. The number of rotatable bonds is 4. The number of nitrogens with zero attached hydrogens (tertiary/aromatic N) is 4. The van der Waals surface area contributed by atoms with Crippen LogP contribution in [-0.4, -0.2) is 46.8 Å². The first-order chi connectivity index (χ1) is 9.24. The van der Waals surface area contributed by atoms with Gasteiger partial charge in [0, 0.05) is 38.8 Å². The zero-order valence-corrected chi connectivity index (χ0v) is 11.8. The van der Waals surface area contributed by atoms with Crippen molar-refractivity contribution in [1.29, 1.82) is 0 Å². The van der Waals surface area contributed by atoms with Gasteiger partial charge in [-0.05, 0) is 18.9 Å². The number of guanidine groups is 1. The van der Waals surface area contributed by atoms with Crippen molar-refractivity contribution in [2.75, 3.05) is 26.2 Å². The second kappa shape index (κ2) is 6.41. The van der Waals surface area contributed by atoms with E-state index in [4.69, 9.17) is 0 Å². The Balaban J connectivity index is 2.01. The molecule has 2 heterocycles. The van der Waals surface area contributed by atoms with Gasteiger partial charge < -0.3 is 10.2 Å². The predicted octanol–water partition coefficient (Wildman–Crippen LogP) is 1.36. The molecule has 1 fully saturated rings. The summed E-state index contributed by atoms with van der Waals surface area (Å²) >= 11 is 0. The molecule has 0 aromatic carbocycles. The molecule has 0 aliphatic carbocycles. The number of nitrogens with one attached hydrogen (secondary N) is 1. The van der Waals surface area contributed by atoms with Gasteiger partial charge >= 0.3 is 0 Å². The molecule has 19 heavy (non-hydrogen) atoms. The molecule has 0 saturated carbocycles. The van der Waals surface area contributed by atoms with Crippen molar-refractivity contribution >= 4 is 5.96 Å². The summed E-state index contributed by atoms with van der Waals surface area (Å²) in [6.45, 7) is 9.42. The minimum absolute atomic E-state index is 0.557. The van der Waals surface area contributed by atoms with Gasteiger partial charge in [0.2, 0.25) is 0 Å². The quantitative estimate of drug-likeness (QED) is 0.506. The molecule has 0 bridgehead atoms. The molecule has 0 spiro atoms. The van der Waals surface area contributed by atoms with Crippen LogP contribution in [0.1, 0.15) is 24.8 Å². The third-order valence-electron chi connectivity index (χ3n) is 3.39. The summed E-state index contributed by atoms with van der Waals surface area (Å²) in [5.41, 5.74) is 1.32. The minimum Gasteiger partial charge on any atom is -0.357 e. The van der Waals surface area contributed by atoms with E-state index < -0.39 is 0 Å². The van der Waals surface area contributed by atoms with Gasteiger partial charge in [-0.15, -0.1) is 6.58 Å². The summed E-state index contributed by atoms with van der Waals surface area (Å²) in [5, 5.41) is 7.60. The normalized spacial score (nSPS) is 19.8. The van der Waals surface area contributed by atoms with Gasteiger partial charge in [-0.3, -0.25) is 4.68 Å². The van der Waals surface area contributed by atoms with Crippen LogP contribution in [0, 0.1) is 0 Å². The SMILES string of the molecule is C=CCN=C(NCC)N1CCC(c2cnn(C)c2)C1. The van der Waals surface area contributed by atoms with Gasteiger partial charge in [0.05, 0.1) is 12.7 Å². The highest BCUT2D eigenvalue weighted by molar-refractivity contribution is 5.80. The van der Waals surface area contributed by atoms with Crippen molar-refractivity contribution in [3.05, 3.63) is 30.6 Å². The Morgan fingerprint density at radius 1 is 1.68 bits per heavy atom. The summed E-state index contributed by atoms with van der Waals surface area (Å²) in [6.07, 6.45) is 7.07. The van der Waals surface area contributed by atoms with Crippen LogP contribution < -0.4 is 5.32 Å². The Labute approximate surface area is 115 Å². The first-order valence-electron chi connectivity index (χ1n) is 6.87. The fourth-order valence-corrected chi connectivity index (χ4v) is 2.45. The van der Waals surface area contributed by atoms with E-state index in [-0.39, 0.29) is 0 Å². The zero-order chi connectivity index (χ0) is 13.7. The van der Waals surface area contributed by atoms with Crippen LogP contribution in [0.15, 0.2) is 30.0 Å². The highest BCUT2D eigenvalue weighted by Gasteiger charge is 2.26. The van der Waals surface area contributed by atoms with Crippen LogP contribution in [0.5, 0.6) is 0 Å². The summed E-state index contributed by atoms with van der Waals surface area (Å²) in [7, 11) is 1.96. The Morgan fingerprint density at radius 3 is 3.16 bits per heavy atom. The number of aromatic nitrogens is 2. The van der Waals surface area contributed by atoms with Gasteiger partial charge in [0.1, 0.15) is 0 Å². The van der Waals surface area contributed by atoms with Crippen molar-refractivity contribution in [2.24, 2.45) is 12.0 Å². The van der Waals surface area contributed by atoms with Gasteiger partial charge in [0.25, 0.3) is 0 Å². The van der Waals surface area contributed by atoms with Crippen molar-refractivity contribution in [3.63, 3.8) is 0 Å². The van der Waals surface area contributed by atoms with E-state index in [2.05, 4.69) is 40.0 Å². The van der Waals surface area contributed by atoms with Crippen LogP contribution in [-0.2, 0) is 7.05 Å². The van der Waals surface area contributed by atoms with E-state index in [1.165, 1.54) is 5.56 Å². The molecule has 1 aromatic rings. The minimum atomic E-state index is 0.557. The monoisotopic (exact) mass is 261 g/mol. The summed E-state index contributed by atoms with van der Waals surface area (Å²) < 4.78 is 1.87. The maximum Gasteiger partial charge on any atom is 0.194 e. The fraction of sp³-hybridized carbons (Fsp3) is 0.571. The van der Waals surface area contributed by atoms with Gasteiger partial charge in [-0.2, -0.15) is 5.10 Å². The van der Waals surface area contributed by atoms with Crippen molar-refractivity contribution in [1.82, 2.24) is 20.0 Å². The van der Waals surface area contributed by atoms with Gasteiger partial charge in [-0.25, -0.2) is 4.99 Å². The molecule has 0 radical (unpaired) electrons. The predicted molar refractivity (Wildman–Crippen MR) is 78.3 cm³/mol. The molecule has 0 amide bonds. The van der Waals surface area contributed by atoms with Gasteiger partial charge in [0.15, 0.2) is 5.96 Å². The maximum atomic E-state index is 4.54. The van der Waals surface area contributed by atoms with Crippen LogP contribution in [0.4, 0.5) is 0 Å². The van der Waals surface area contributed by atoms with E-state index in [1.807, 2.05) is 24.0 Å². The lowest BCUT2D eigenvalue weighted by atomic mass is 10.0. The molecule has 1 unspecified atom stereocenters. The standard InChI is InChI=1S/C14H23N5/c1-4-7-16-14(15-5-2)19-8-6-12(11-19)13-9-17-18(3)10-13/h4,9-10,12H,1,5-8,11H2,2-3H3,(H,15,16). The molecule has 1 saturated heterocycles. The van der Waals surface area contributed by atoms with E-state index in [0.717, 1.165) is 32.0 Å². The van der Waals surface area contributed by atoms with Crippen LogP contribution in [0.3, 0.4) is 0 Å². The fourth-order valence-electron chi connectivity index (χ4n) is 2.45. The molecule has 104 valence electrons. The highest BCUT2D eigenvalue weighted by atomic mass is 15.3. The molecule has 2 rings (SSSR count). The average Bonchev–Trinajstić information content (AvgIpc) is 3.03. The third kappa shape index (κ3) is 3.36. The first kappa shape index (κ1) is 13.6. The molecular weight excluding hydrogens is 238 g/mol. The summed E-state index contributed by atoms with van der Waals surface area (Å²) in [6, 6.07) is 0. The van der Waals surface area contributed by atoms with Crippen LogP contribution >= 0.6 is 0 Å². The number of likely N-dealkylation sites (tertiary alicyclic amines) is 1. The van der Waals surface area contributed by atoms with Crippen molar-refractivity contribution < 1.29 is 0 Å². The molecule has 1 atom stereocenters. The lowest BCUT2D eigenvalue weighted by molar-refractivity contribution is 0.487. The Kier molecular flexibility index (Phi) is 4.60. The molecule has 1 aliphatic heterocycles. The molecule has 5 heteroatoms. The smallest absolute Gasteiger partial charge is 0.194 e. The highest BCUT2D eigenvalue weighted by Crippen LogP contribution is 2.26. The molecule has 1 aromatic heterocycles. The second-order valence-corrected chi connectivity index (χ2v) is 4.86. The van der Waals surface area contributed by atoms with Crippen LogP contribution in [0.25, 0.3) is 0 Å². The third-order valence-corrected chi connectivity index (χ3v) is 3.39. The van der Waals surface area contributed by atoms with Crippen molar-refractivity contribution in [2.45, 2.75) is 19.3 Å². The molecule has 5 nitrogen and oxygen atoms in total. The largest absolute Gasteiger partial charge is 0.357 e. The Bertz CT molecular complexity index is 448. The Morgan fingerprint density at radius 2 is 2.53 bits per heavy atom. The molecule has 1 N–H and O–H groups in total. The molecular formula is C14H23N5. The number of aryl methyl sites for hydroxylation is 1. The van der Waals surface area contributed by atoms with Crippen LogP contribution in [0.2, 0.25) is 0 Å². The van der Waals surface area contributed by atoms with E-state index in [0.29, 0.717) is 12.5 Å². The second-order valence-electron chi connectivity index (χ2n) is 4.86. The van der Waals surface area contributed by atoms with E-state index in [1.54, 1.807) is 0 Å². The maximum absolute atomic E-state index is 4.54. The Hall–Kier alpha value is -1.78. The summed E-state index contributed by atoms with van der Waals surface area (Å²) in [4.78, 5) is 6.86. The number of hydrogen-bond donors (Lipinski definition) is 1.